The van der Waals surface area contributed by atoms with Crippen LogP contribution in [0.3, 0.4) is 0 Å². The van der Waals surface area contributed by atoms with Crippen molar-refractivity contribution in [2.45, 2.75) is 51.7 Å². The van der Waals surface area contributed by atoms with E-state index in [1.54, 1.807) is 25.1 Å². The van der Waals surface area contributed by atoms with E-state index in [2.05, 4.69) is 10.3 Å². The molecule has 1 aliphatic rings. The average molecular weight is 358 g/mol. The summed E-state index contributed by atoms with van der Waals surface area (Å²) in [5.74, 6) is -0.997. The van der Waals surface area contributed by atoms with Gasteiger partial charge in [-0.25, -0.2) is 4.99 Å². The number of halogens is 3. The van der Waals surface area contributed by atoms with Gasteiger partial charge < -0.3 is 15.8 Å². The van der Waals surface area contributed by atoms with Crippen molar-refractivity contribution in [1.82, 2.24) is 10.6 Å². The predicted octanol–water partition coefficient (Wildman–Crippen LogP) is 2.35. The van der Waals surface area contributed by atoms with Gasteiger partial charge in [0.15, 0.2) is 6.10 Å². The van der Waals surface area contributed by atoms with Gasteiger partial charge in [0.25, 0.3) is 0 Å². The van der Waals surface area contributed by atoms with Gasteiger partial charge >= 0.3 is 12.1 Å². The van der Waals surface area contributed by atoms with E-state index in [4.69, 9.17) is 10.5 Å². The van der Waals surface area contributed by atoms with E-state index in [1.807, 2.05) is 12.2 Å². The van der Waals surface area contributed by atoms with Crippen molar-refractivity contribution in [3.8, 4) is 5.75 Å². The van der Waals surface area contributed by atoms with E-state index in [9.17, 15) is 18.0 Å². The number of hydrogen-bond donors (Lipinski definition) is 3. The molecule has 2 rings (SSSR count). The van der Waals surface area contributed by atoms with Crippen LogP contribution in [0.5, 0.6) is 5.75 Å². The van der Waals surface area contributed by atoms with Crippen LogP contribution >= 0.6 is 0 Å². The van der Waals surface area contributed by atoms with Crippen LogP contribution in [0.25, 0.3) is 0 Å². The topological polar surface area (TPSA) is 88.7 Å². The molecule has 0 fully saturated rings. The van der Waals surface area contributed by atoms with Crippen molar-refractivity contribution in [2.24, 2.45) is 10.7 Å². The summed E-state index contributed by atoms with van der Waals surface area (Å²) in [6.45, 7) is 3.88. The molecule has 6 nitrogen and oxygen atoms in total. The van der Waals surface area contributed by atoms with E-state index in [-0.39, 0.29) is 12.6 Å². The number of aliphatic imine (C=N–C) groups is 1. The Morgan fingerprint density at radius 1 is 1.44 bits per heavy atom. The number of benzene rings is 1. The Balaban J connectivity index is 2.02. The third-order valence-electron chi connectivity index (χ3n) is 3.69. The maximum Gasteiger partial charge on any atom is 0.471 e. The highest BCUT2D eigenvalue weighted by molar-refractivity contribution is 5.89. The van der Waals surface area contributed by atoms with Gasteiger partial charge in [-0.3, -0.25) is 10.1 Å². The van der Waals surface area contributed by atoms with Crippen molar-refractivity contribution < 1.29 is 22.7 Å². The van der Waals surface area contributed by atoms with E-state index in [0.29, 0.717) is 30.1 Å². The van der Waals surface area contributed by atoms with Crippen LogP contribution in [0, 0.1) is 0 Å². The van der Waals surface area contributed by atoms with Crippen LogP contribution in [0.2, 0.25) is 0 Å². The lowest BCUT2D eigenvalue weighted by Crippen LogP contribution is -2.49. The van der Waals surface area contributed by atoms with Gasteiger partial charge in [0.1, 0.15) is 17.3 Å². The fourth-order valence-electron chi connectivity index (χ4n) is 2.34. The summed E-state index contributed by atoms with van der Waals surface area (Å²) >= 11 is 0. The molecule has 2 unspecified atom stereocenters. The molecular formula is C16H21F3N4O2. The van der Waals surface area contributed by atoms with Crippen molar-refractivity contribution in [3.05, 3.63) is 23.8 Å². The average Bonchev–Trinajstić information content (AvgIpc) is 2.53. The van der Waals surface area contributed by atoms with Gasteiger partial charge in [-0.15, -0.1) is 0 Å². The van der Waals surface area contributed by atoms with E-state index < -0.39 is 18.2 Å². The first-order chi connectivity index (χ1) is 11.7. The molecule has 1 aliphatic heterocycles. The Morgan fingerprint density at radius 3 is 2.80 bits per heavy atom. The largest absolute Gasteiger partial charge is 0.481 e. The van der Waals surface area contributed by atoms with E-state index >= 15 is 0 Å². The highest BCUT2D eigenvalue weighted by Crippen LogP contribution is 2.32. The standard InChI is InChI=1S/C16H21F3N4O2/c1-3-4-13(23-15(24)16(17,18)19)21-8-10-5-6-12-11(7-10)22-14(20)9(2)25-12/h5-7,9,13,21H,3-4,8H2,1-2H3,(H2,20,22)(H,23,24). The monoisotopic (exact) mass is 358 g/mol. The number of amidine groups is 1. The third-order valence-corrected chi connectivity index (χ3v) is 3.69. The zero-order valence-corrected chi connectivity index (χ0v) is 14.0. The lowest BCUT2D eigenvalue weighted by molar-refractivity contribution is -0.174. The first kappa shape index (κ1) is 19.0. The van der Waals surface area contributed by atoms with Crippen molar-refractivity contribution in [2.75, 3.05) is 0 Å². The SMILES string of the molecule is CCCC(NCc1ccc2c(c1)N=C(N)C(C)O2)NC(=O)C(F)(F)F. The summed E-state index contributed by atoms with van der Waals surface area (Å²) in [6.07, 6.45) is -4.99. The normalized spacial score (nSPS) is 18.0. The van der Waals surface area contributed by atoms with Crippen LogP contribution in [0.15, 0.2) is 23.2 Å². The van der Waals surface area contributed by atoms with Gasteiger partial charge in [0, 0.05) is 6.54 Å². The minimum atomic E-state index is -4.90. The van der Waals surface area contributed by atoms with Crippen molar-refractivity contribution in [1.29, 1.82) is 0 Å². The molecule has 1 heterocycles. The van der Waals surface area contributed by atoms with Crippen LogP contribution in [-0.2, 0) is 11.3 Å². The summed E-state index contributed by atoms with van der Waals surface area (Å²) in [6, 6.07) is 5.27. The number of hydrogen-bond acceptors (Lipinski definition) is 5. The second-order valence-corrected chi connectivity index (χ2v) is 5.79. The molecule has 138 valence electrons. The molecule has 0 saturated heterocycles. The minimum absolute atomic E-state index is 0.265. The van der Waals surface area contributed by atoms with Gasteiger partial charge in [0.05, 0.1) is 6.17 Å². The molecule has 25 heavy (non-hydrogen) atoms. The predicted molar refractivity (Wildman–Crippen MR) is 87.5 cm³/mol. The number of carbonyl (C=O) groups excluding carboxylic acids is 1. The maximum absolute atomic E-state index is 12.4. The molecule has 0 saturated carbocycles. The first-order valence-electron chi connectivity index (χ1n) is 7.95. The molecule has 1 aromatic carbocycles. The summed E-state index contributed by atoms with van der Waals surface area (Å²) in [5.41, 5.74) is 7.11. The molecule has 0 aromatic heterocycles. The zero-order valence-electron chi connectivity index (χ0n) is 14.0. The number of fused-ring (bicyclic) bond motifs is 1. The van der Waals surface area contributed by atoms with Crippen molar-refractivity contribution in [3.63, 3.8) is 0 Å². The van der Waals surface area contributed by atoms with Crippen LogP contribution in [-0.4, -0.2) is 30.2 Å². The second kappa shape index (κ2) is 7.73. The first-order valence-corrected chi connectivity index (χ1v) is 7.95. The van der Waals surface area contributed by atoms with Gasteiger partial charge in [-0.05, 0) is 31.0 Å². The minimum Gasteiger partial charge on any atom is -0.481 e. The van der Waals surface area contributed by atoms with E-state index in [1.165, 1.54) is 0 Å². The van der Waals surface area contributed by atoms with Crippen LogP contribution in [0.1, 0.15) is 32.3 Å². The Hall–Kier alpha value is -2.29. The second-order valence-electron chi connectivity index (χ2n) is 5.79. The Morgan fingerprint density at radius 2 is 2.16 bits per heavy atom. The number of ether oxygens (including phenoxy) is 1. The lowest BCUT2D eigenvalue weighted by atomic mass is 10.1. The molecule has 1 amide bonds. The molecule has 4 N–H and O–H groups in total. The summed E-state index contributed by atoms with van der Waals surface area (Å²) in [7, 11) is 0. The molecule has 2 atom stereocenters. The van der Waals surface area contributed by atoms with Gasteiger partial charge in [0.2, 0.25) is 0 Å². The quantitative estimate of drug-likeness (QED) is 0.681. The van der Waals surface area contributed by atoms with E-state index in [0.717, 1.165) is 5.56 Å². The number of nitrogens with one attached hydrogen (secondary N) is 2. The molecule has 1 aromatic rings. The summed E-state index contributed by atoms with van der Waals surface area (Å²) in [4.78, 5) is 15.4. The molecule has 9 heteroatoms. The Kier molecular flexibility index (Phi) is 5.89. The molecule has 0 aliphatic carbocycles. The zero-order chi connectivity index (χ0) is 18.6. The number of nitrogens with two attached hydrogens (primary N) is 1. The number of alkyl halides is 3. The lowest BCUT2D eigenvalue weighted by Gasteiger charge is -2.23. The number of amides is 1. The van der Waals surface area contributed by atoms with Crippen LogP contribution < -0.4 is 21.1 Å². The van der Waals surface area contributed by atoms with Gasteiger partial charge in [-0.1, -0.05) is 19.4 Å². The molecular weight excluding hydrogens is 337 g/mol. The summed E-state index contributed by atoms with van der Waals surface area (Å²) < 4.78 is 42.8. The Bertz CT molecular complexity index is 661. The Labute approximate surface area is 143 Å². The molecule has 0 radical (unpaired) electrons. The van der Waals surface area contributed by atoms with Gasteiger partial charge in [-0.2, -0.15) is 13.2 Å². The molecule has 0 spiro atoms. The fraction of sp³-hybridized carbons (Fsp3) is 0.500. The maximum atomic E-state index is 12.4. The highest BCUT2D eigenvalue weighted by Gasteiger charge is 2.39. The fourth-order valence-corrected chi connectivity index (χ4v) is 2.34. The van der Waals surface area contributed by atoms with Crippen LogP contribution in [0.4, 0.5) is 18.9 Å². The third kappa shape index (κ3) is 5.09. The number of carbonyl (C=O) groups is 1. The molecule has 0 bridgehead atoms. The van der Waals surface area contributed by atoms with Crippen molar-refractivity contribution >= 4 is 17.4 Å². The smallest absolute Gasteiger partial charge is 0.471 e. The number of nitrogens with zero attached hydrogens (tertiary/aromatic N) is 1. The highest BCUT2D eigenvalue weighted by atomic mass is 19.4. The number of rotatable bonds is 6. The summed E-state index contributed by atoms with van der Waals surface area (Å²) in [5, 5.41) is 4.87.